The van der Waals surface area contributed by atoms with Crippen molar-refractivity contribution in [1.82, 2.24) is 9.80 Å². The topological polar surface area (TPSA) is 64.0 Å². The lowest BCUT2D eigenvalue weighted by atomic mass is 9.98. The van der Waals surface area contributed by atoms with E-state index in [1.807, 2.05) is 13.8 Å². The molecule has 5 heteroatoms. The summed E-state index contributed by atoms with van der Waals surface area (Å²) in [7, 11) is 0. The molecule has 2 aromatic rings. The third-order valence-corrected chi connectivity index (χ3v) is 5.88. The first-order valence-corrected chi connectivity index (χ1v) is 10.1. The highest BCUT2D eigenvalue weighted by Gasteiger charge is 2.27. The quantitative estimate of drug-likeness (QED) is 0.842. The number of carbonyl (C=O) groups excluding carboxylic acids is 1. The number of nitrogens with zero attached hydrogens (tertiary/aromatic N) is 2. The number of likely N-dealkylation sites (tertiary alicyclic amines) is 1. The molecule has 4 rings (SSSR count). The SMILES string of the molecule is CC(C)c1cc(C(=O)N2Cc3ccc(CN4CCCC4)cc3C2)c(O)cc1O. The van der Waals surface area contributed by atoms with Crippen LogP contribution >= 0.6 is 0 Å². The largest absolute Gasteiger partial charge is 0.508 e. The van der Waals surface area contributed by atoms with Crippen molar-refractivity contribution in [3.05, 3.63) is 58.1 Å². The summed E-state index contributed by atoms with van der Waals surface area (Å²) >= 11 is 0. The van der Waals surface area contributed by atoms with Crippen LogP contribution in [0, 0.1) is 0 Å². The maximum absolute atomic E-state index is 13.1. The third-order valence-electron chi connectivity index (χ3n) is 5.88. The Labute approximate surface area is 166 Å². The van der Waals surface area contributed by atoms with Crippen molar-refractivity contribution in [3.8, 4) is 11.5 Å². The van der Waals surface area contributed by atoms with E-state index in [2.05, 4.69) is 23.1 Å². The standard InChI is InChI=1S/C23H28N2O3/c1-15(2)19-10-20(22(27)11-21(19)26)23(28)25-13-17-6-5-16(9-18(17)14-25)12-24-7-3-4-8-24/h5-6,9-11,15,26-27H,3-4,7-8,12-14H2,1-2H3. The zero-order valence-corrected chi connectivity index (χ0v) is 16.6. The molecular weight excluding hydrogens is 352 g/mol. The van der Waals surface area contributed by atoms with Gasteiger partial charge in [0.2, 0.25) is 0 Å². The molecule has 0 unspecified atom stereocenters. The van der Waals surface area contributed by atoms with E-state index >= 15 is 0 Å². The van der Waals surface area contributed by atoms with Gasteiger partial charge in [0, 0.05) is 25.7 Å². The Bertz CT molecular complexity index is 901. The monoisotopic (exact) mass is 380 g/mol. The number of phenolic OH excluding ortho intramolecular Hbond substituents is 2. The van der Waals surface area contributed by atoms with Gasteiger partial charge in [-0.25, -0.2) is 0 Å². The number of hydrogen-bond donors (Lipinski definition) is 2. The van der Waals surface area contributed by atoms with Gasteiger partial charge < -0.3 is 15.1 Å². The zero-order chi connectivity index (χ0) is 19.8. The summed E-state index contributed by atoms with van der Waals surface area (Å²) in [5.74, 6) is -0.273. The minimum Gasteiger partial charge on any atom is -0.508 e. The number of hydrogen-bond acceptors (Lipinski definition) is 4. The van der Waals surface area contributed by atoms with Gasteiger partial charge in [-0.3, -0.25) is 9.69 Å². The highest BCUT2D eigenvalue weighted by atomic mass is 16.3. The van der Waals surface area contributed by atoms with Crippen LogP contribution in [0.5, 0.6) is 11.5 Å². The lowest BCUT2D eigenvalue weighted by Crippen LogP contribution is -2.25. The summed E-state index contributed by atoms with van der Waals surface area (Å²) in [5.41, 5.74) is 4.58. The fraction of sp³-hybridized carbons (Fsp3) is 0.435. The van der Waals surface area contributed by atoms with Crippen LogP contribution in [0.1, 0.15) is 65.2 Å². The zero-order valence-electron chi connectivity index (χ0n) is 16.6. The Morgan fingerprint density at radius 2 is 1.71 bits per heavy atom. The first-order chi connectivity index (χ1) is 13.4. The van der Waals surface area contributed by atoms with E-state index in [9.17, 15) is 15.0 Å². The maximum Gasteiger partial charge on any atom is 0.258 e. The number of phenols is 2. The number of aromatic hydroxyl groups is 2. The van der Waals surface area contributed by atoms with Gasteiger partial charge in [-0.15, -0.1) is 0 Å². The summed E-state index contributed by atoms with van der Waals surface area (Å²) < 4.78 is 0. The predicted molar refractivity (Wildman–Crippen MR) is 108 cm³/mol. The van der Waals surface area contributed by atoms with Gasteiger partial charge in [0.1, 0.15) is 11.5 Å². The van der Waals surface area contributed by atoms with Gasteiger partial charge in [0.15, 0.2) is 0 Å². The molecule has 2 aromatic carbocycles. The summed E-state index contributed by atoms with van der Waals surface area (Å²) in [4.78, 5) is 17.3. The minimum absolute atomic E-state index is 0.0281. The van der Waals surface area contributed by atoms with Crippen LogP contribution in [0.15, 0.2) is 30.3 Å². The molecule has 0 aliphatic carbocycles. The predicted octanol–water partition coefficient (Wildman–Crippen LogP) is 3.97. The average Bonchev–Trinajstić information content (AvgIpc) is 3.30. The van der Waals surface area contributed by atoms with Gasteiger partial charge >= 0.3 is 0 Å². The van der Waals surface area contributed by atoms with Crippen molar-refractivity contribution in [1.29, 1.82) is 0 Å². The van der Waals surface area contributed by atoms with Crippen LogP contribution in [0.3, 0.4) is 0 Å². The Morgan fingerprint density at radius 1 is 1.00 bits per heavy atom. The van der Waals surface area contributed by atoms with Crippen LogP contribution in [0.4, 0.5) is 0 Å². The van der Waals surface area contributed by atoms with Gasteiger partial charge in [0.25, 0.3) is 5.91 Å². The lowest BCUT2D eigenvalue weighted by Gasteiger charge is -2.18. The normalized spacial score (nSPS) is 16.8. The molecule has 2 aliphatic heterocycles. The summed E-state index contributed by atoms with van der Waals surface area (Å²) in [6.07, 6.45) is 2.56. The van der Waals surface area contributed by atoms with E-state index in [4.69, 9.17) is 0 Å². The summed E-state index contributed by atoms with van der Waals surface area (Å²) in [5, 5.41) is 20.3. The first kappa shape index (κ1) is 18.8. The Morgan fingerprint density at radius 3 is 2.43 bits per heavy atom. The Hall–Kier alpha value is -2.53. The summed E-state index contributed by atoms with van der Waals surface area (Å²) in [6.45, 7) is 8.31. The first-order valence-electron chi connectivity index (χ1n) is 10.1. The van der Waals surface area contributed by atoms with Crippen molar-refractivity contribution in [3.63, 3.8) is 0 Å². The minimum atomic E-state index is -0.198. The molecule has 0 aromatic heterocycles. The van der Waals surface area contributed by atoms with E-state index in [0.29, 0.717) is 18.7 Å². The fourth-order valence-corrected chi connectivity index (χ4v) is 4.29. The lowest BCUT2D eigenvalue weighted by molar-refractivity contribution is 0.0748. The van der Waals surface area contributed by atoms with E-state index in [0.717, 1.165) is 6.54 Å². The van der Waals surface area contributed by atoms with E-state index in [-0.39, 0.29) is 28.9 Å². The molecule has 0 atom stereocenters. The number of benzene rings is 2. The fourth-order valence-electron chi connectivity index (χ4n) is 4.29. The molecule has 2 heterocycles. The molecule has 0 saturated carbocycles. The Balaban J connectivity index is 1.52. The molecule has 2 aliphatic rings. The van der Waals surface area contributed by atoms with Crippen LogP contribution in [-0.2, 0) is 19.6 Å². The van der Waals surface area contributed by atoms with E-state index < -0.39 is 0 Å². The van der Waals surface area contributed by atoms with Gasteiger partial charge in [-0.1, -0.05) is 32.0 Å². The number of carbonyl (C=O) groups is 1. The van der Waals surface area contributed by atoms with E-state index in [1.165, 1.54) is 48.7 Å². The molecule has 1 amide bonds. The molecular formula is C23H28N2O3. The smallest absolute Gasteiger partial charge is 0.258 e. The van der Waals surface area contributed by atoms with Crippen LogP contribution in [0.25, 0.3) is 0 Å². The van der Waals surface area contributed by atoms with Crippen LogP contribution < -0.4 is 0 Å². The molecule has 1 fully saturated rings. The molecule has 28 heavy (non-hydrogen) atoms. The molecule has 5 nitrogen and oxygen atoms in total. The maximum atomic E-state index is 13.1. The molecule has 1 saturated heterocycles. The number of amides is 1. The van der Waals surface area contributed by atoms with Crippen molar-refractivity contribution in [2.45, 2.75) is 52.2 Å². The molecule has 0 radical (unpaired) electrons. The highest BCUT2D eigenvalue weighted by molar-refractivity contribution is 5.97. The number of rotatable bonds is 4. The highest BCUT2D eigenvalue weighted by Crippen LogP contribution is 2.34. The van der Waals surface area contributed by atoms with Crippen molar-refractivity contribution in [2.24, 2.45) is 0 Å². The van der Waals surface area contributed by atoms with Crippen molar-refractivity contribution < 1.29 is 15.0 Å². The molecule has 148 valence electrons. The van der Waals surface area contributed by atoms with Crippen LogP contribution in [0.2, 0.25) is 0 Å². The number of fused-ring (bicyclic) bond motifs is 1. The average molecular weight is 380 g/mol. The van der Waals surface area contributed by atoms with E-state index in [1.54, 1.807) is 11.0 Å². The molecule has 0 spiro atoms. The second-order valence-corrected chi connectivity index (χ2v) is 8.33. The second-order valence-electron chi connectivity index (χ2n) is 8.33. The second kappa shape index (κ2) is 7.47. The Kier molecular flexibility index (Phi) is 5.02. The summed E-state index contributed by atoms with van der Waals surface area (Å²) in [6, 6.07) is 9.42. The van der Waals surface area contributed by atoms with Gasteiger partial charge in [-0.05, 0) is 60.2 Å². The molecule has 0 bridgehead atoms. The third kappa shape index (κ3) is 3.59. The van der Waals surface area contributed by atoms with Crippen molar-refractivity contribution in [2.75, 3.05) is 13.1 Å². The van der Waals surface area contributed by atoms with Crippen LogP contribution in [-0.4, -0.2) is 39.0 Å². The molecule has 2 N–H and O–H groups in total. The van der Waals surface area contributed by atoms with Crippen molar-refractivity contribution >= 4 is 5.91 Å². The van der Waals surface area contributed by atoms with Gasteiger partial charge in [-0.2, -0.15) is 0 Å². The van der Waals surface area contributed by atoms with Gasteiger partial charge in [0.05, 0.1) is 5.56 Å².